The molecule has 2 aromatic carbocycles. The van der Waals surface area contributed by atoms with Gasteiger partial charge in [0.15, 0.2) is 0 Å². The smallest absolute Gasteiger partial charge is 0.241 e. The maximum Gasteiger partial charge on any atom is 0.241 e. The van der Waals surface area contributed by atoms with Gasteiger partial charge in [0.05, 0.1) is 10.9 Å². The normalized spacial score (nSPS) is 17.2. The molecule has 2 aromatic rings. The molecule has 0 bridgehead atoms. The van der Waals surface area contributed by atoms with Crippen LogP contribution in [-0.4, -0.2) is 38.1 Å². The first-order chi connectivity index (χ1) is 14.3. The highest BCUT2D eigenvalue weighted by Crippen LogP contribution is 2.36. The van der Waals surface area contributed by atoms with Crippen molar-refractivity contribution < 1.29 is 17.6 Å². The van der Waals surface area contributed by atoms with Crippen LogP contribution in [0.25, 0.3) is 0 Å². The summed E-state index contributed by atoms with van der Waals surface area (Å²) in [4.78, 5) is 14.0. The Hall–Kier alpha value is -1.26. The molecule has 2 N–H and O–H groups in total. The molecule has 5 nitrogen and oxygen atoms in total. The van der Waals surface area contributed by atoms with Gasteiger partial charge in [0, 0.05) is 15.7 Å². The molecule has 1 amide bonds. The molecule has 162 valence electrons. The van der Waals surface area contributed by atoms with Gasteiger partial charge in [-0.05, 0) is 72.9 Å². The molecule has 1 heterocycles. The van der Waals surface area contributed by atoms with Crippen molar-refractivity contribution in [3.63, 3.8) is 0 Å². The molecule has 2 unspecified atom stereocenters. The molecule has 2 atom stereocenters. The average molecular weight is 489 g/mol. The van der Waals surface area contributed by atoms with E-state index in [1.165, 1.54) is 48.2 Å². The SMILES string of the molecule is CSCCC(NS(=O)(=O)c1ccc(Cl)cc1)C(=O)NC1CCSc2ccc(F)cc21. The van der Waals surface area contributed by atoms with Crippen LogP contribution in [0.3, 0.4) is 0 Å². The number of thioether (sulfide) groups is 2. The zero-order chi connectivity index (χ0) is 21.7. The monoisotopic (exact) mass is 488 g/mol. The zero-order valence-corrected chi connectivity index (χ0v) is 19.4. The number of nitrogens with one attached hydrogen (secondary N) is 2. The zero-order valence-electron chi connectivity index (χ0n) is 16.2. The van der Waals surface area contributed by atoms with Crippen LogP contribution in [0.15, 0.2) is 52.3 Å². The summed E-state index contributed by atoms with van der Waals surface area (Å²) in [6.45, 7) is 0. The molecule has 0 saturated heterocycles. The second-order valence-corrected chi connectivity index (χ2v) is 11.1. The number of halogens is 2. The van der Waals surface area contributed by atoms with Crippen molar-refractivity contribution in [2.75, 3.05) is 17.8 Å². The summed E-state index contributed by atoms with van der Waals surface area (Å²) >= 11 is 8.97. The highest BCUT2D eigenvalue weighted by Gasteiger charge is 2.29. The molecule has 1 aliphatic heterocycles. The molecule has 1 aliphatic rings. The first-order valence-corrected chi connectivity index (χ1v) is 13.5. The lowest BCUT2D eigenvalue weighted by Gasteiger charge is -2.28. The van der Waals surface area contributed by atoms with Crippen LogP contribution in [0.4, 0.5) is 4.39 Å². The second kappa shape index (κ2) is 10.4. The summed E-state index contributed by atoms with van der Waals surface area (Å²) in [6.07, 6.45) is 2.86. The molecule has 0 saturated carbocycles. The average Bonchev–Trinajstić information content (AvgIpc) is 2.71. The van der Waals surface area contributed by atoms with Gasteiger partial charge in [-0.3, -0.25) is 4.79 Å². The summed E-state index contributed by atoms with van der Waals surface area (Å²) in [7, 11) is -3.90. The van der Waals surface area contributed by atoms with Gasteiger partial charge in [0.25, 0.3) is 0 Å². The summed E-state index contributed by atoms with van der Waals surface area (Å²) in [6, 6.07) is 9.00. The Morgan fingerprint density at radius 3 is 2.73 bits per heavy atom. The van der Waals surface area contributed by atoms with Gasteiger partial charge in [-0.2, -0.15) is 16.5 Å². The van der Waals surface area contributed by atoms with Gasteiger partial charge in [0.1, 0.15) is 11.9 Å². The third-order valence-corrected chi connectivity index (χ3v) is 8.18. The Labute approximate surface area is 189 Å². The Kier molecular flexibility index (Phi) is 8.09. The summed E-state index contributed by atoms with van der Waals surface area (Å²) < 4.78 is 41.8. The molecule has 0 fully saturated rings. The van der Waals surface area contributed by atoms with E-state index in [9.17, 15) is 17.6 Å². The van der Waals surface area contributed by atoms with Crippen LogP contribution >= 0.6 is 35.1 Å². The van der Waals surface area contributed by atoms with Crippen LogP contribution in [0.5, 0.6) is 0 Å². The predicted octanol–water partition coefficient (Wildman–Crippen LogP) is 4.23. The number of amides is 1. The van der Waals surface area contributed by atoms with E-state index in [4.69, 9.17) is 11.6 Å². The van der Waals surface area contributed by atoms with Gasteiger partial charge in [-0.15, -0.1) is 11.8 Å². The summed E-state index contributed by atoms with van der Waals surface area (Å²) in [5.74, 6) is 0.606. The second-order valence-electron chi connectivity index (χ2n) is 6.79. The molecule has 10 heteroatoms. The minimum absolute atomic E-state index is 0.0373. The lowest BCUT2D eigenvalue weighted by molar-refractivity contribution is -0.123. The Morgan fingerprint density at radius 1 is 1.30 bits per heavy atom. The third kappa shape index (κ3) is 5.91. The maximum atomic E-state index is 13.7. The Balaban J connectivity index is 1.78. The standard InChI is InChI=1S/C20H22ClFN2O3S3/c1-28-10-8-18(24-30(26,27)15-5-2-13(21)3-6-15)20(25)23-17-9-11-29-19-7-4-14(22)12-16(17)19/h2-7,12,17-18,24H,8-11H2,1H3,(H,23,25). The fourth-order valence-corrected chi connectivity index (χ4v) is 6.07. The van der Waals surface area contributed by atoms with Crippen molar-refractivity contribution >= 4 is 51.1 Å². The van der Waals surface area contributed by atoms with E-state index in [1.54, 1.807) is 17.8 Å². The van der Waals surface area contributed by atoms with Crippen LogP contribution in [-0.2, 0) is 14.8 Å². The quantitative estimate of drug-likeness (QED) is 0.581. The van der Waals surface area contributed by atoms with Crippen molar-refractivity contribution in [2.24, 2.45) is 0 Å². The maximum absolute atomic E-state index is 13.7. The summed E-state index contributed by atoms with van der Waals surface area (Å²) in [5, 5.41) is 3.34. The fourth-order valence-electron chi connectivity index (χ4n) is 3.14. The number of hydrogen-bond acceptors (Lipinski definition) is 5. The van der Waals surface area contributed by atoms with Crippen LogP contribution in [0.1, 0.15) is 24.4 Å². The summed E-state index contributed by atoms with van der Waals surface area (Å²) in [5.41, 5.74) is 0.726. The molecular weight excluding hydrogens is 467 g/mol. The first kappa shape index (κ1) is 23.4. The van der Waals surface area contributed by atoms with Gasteiger partial charge >= 0.3 is 0 Å². The van der Waals surface area contributed by atoms with Crippen molar-refractivity contribution in [3.05, 3.63) is 58.9 Å². The highest BCUT2D eigenvalue weighted by molar-refractivity contribution is 7.99. The van der Waals surface area contributed by atoms with Gasteiger partial charge < -0.3 is 5.32 Å². The van der Waals surface area contributed by atoms with Crippen molar-refractivity contribution in [1.82, 2.24) is 10.0 Å². The van der Waals surface area contributed by atoms with E-state index in [0.717, 1.165) is 16.2 Å². The van der Waals surface area contributed by atoms with E-state index in [-0.39, 0.29) is 16.8 Å². The molecule has 30 heavy (non-hydrogen) atoms. The van der Waals surface area contributed by atoms with Gasteiger partial charge in [-0.25, -0.2) is 12.8 Å². The number of rotatable bonds is 8. The van der Waals surface area contributed by atoms with E-state index in [2.05, 4.69) is 10.0 Å². The Morgan fingerprint density at radius 2 is 2.03 bits per heavy atom. The highest BCUT2D eigenvalue weighted by atomic mass is 35.5. The van der Waals surface area contributed by atoms with E-state index in [1.807, 2.05) is 6.26 Å². The lowest BCUT2D eigenvalue weighted by atomic mass is 10.0. The predicted molar refractivity (Wildman–Crippen MR) is 121 cm³/mol. The van der Waals surface area contributed by atoms with Crippen LogP contribution in [0.2, 0.25) is 5.02 Å². The number of carbonyl (C=O) groups is 1. The van der Waals surface area contributed by atoms with E-state index >= 15 is 0 Å². The molecular formula is C20H22ClFN2O3S3. The van der Waals surface area contributed by atoms with Gasteiger partial charge in [0.2, 0.25) is 15.9 Å². The number of carbonyl (C=O) groups excluding carboxylic acids is 1. The molecule has 0 spiro atoms. The molecule has 0 radical (unpaired) electrons. The van der Waals surface area contributed by atoms with Crippen LogP contribution in [0, 0.1) is 5.82 Å². The van der Waals surface area contributed by atoms with Crippen LogP contribution < -0.4 is 10.0 Å². The fraction of sp³-hybridized carbons (Fsp3) is 0.350. The first-order valence-electron chi connectivity index (χ1n) is 9.29. The molecule has 3 rings (SSSR count). The number of sulfonamides is 1. The minimum atomic E-state index is -3.90. The van der Waals surface area contributed by atoms with Crippen molar-refractivity contribution in [3.8, 4) is 0 Å². The topological polar surface area (TPSA) is 75.3 Å². The number of hydrogen-bond donors (Lipinski definition) is 2. The van der Waals surface area contributed by atoms with Crippen molar-refractivity contribution in [2.45, 2.75) is 34.7 Å². The largest absolute Gasteiger partial charge is 0.348 e. The number of benzene rings is 2. The number of fused-ring (bicyclic) bond motifs is 1. The van der Waals surface area contributed by atoms with E-state index in [0.29, 0.717) is 23.6 Å². The minimum Gasteiger partial charge on any atom is -0.348 e. The van der Waals surface area contributed by atoms with E-state index < -0.39 is 22.0 Å². The third-order valence-electron chi connectivity index (χ3n) is 4.68. The van der Waals surface area contributed by atoms with Crippen molar-refractivity contribution in [1.29, 1.82) is 0 Å². The molecule has 0 aromatic heterocycles. The van der Waals surface area contributed by atoms with Gasteiger partial charge in [-0.1, -0.05) is 11.6 Å². The lowest BCUT2D eigenvalue weighted by Crippen LogP contribution is -2.48. The molecule has 0 aliphatic carbocycles. The Bertz CT molecular complexity index is 1000.